The Labute approximate surface area is 202 Å². The molecule has 0 radical (unpaired) electrons. The molecule has 0 amide bonds. The van der Waals surface area contributed by atoms with Gasteiger partial charge in [-0.15, -0.1) is 0 Å². The first kappa shape index (κ1) is 24.2. The van der Waals surface area contributed by atoms with Crippen LogP contribution < -0.4 is 10.3 Å². The minimum absolute atomic E-state index is 0.211. The van der Waals surface area contributed by atoms with Gasteiger partial charge in [0.05, 0.1) is 47.2 Å². The molecule has 0 aliphatic carbocycles. The van der Waals surface area contributed by atoms with Crippen molar-refractivity contribution in [1.29, 1.82) is 0 Å². The van der Waals surface area contributed by atoms with E-state index in [-0.39, 0.29) is 10.5 Å². The molecule has 0 saturated carbocycles. The average Bonchev–Trinajstić information content (AvgIpc) is 3.12. The molecule has 1 aliphatic heterocycles. The number of halogens is 1. The highest BCUT2D eigenvalue weighted by atomic mass is 35.5. The van der Waals surface area contributed by atoms with Crippen molar-refractivity contribution < 1.29 is 17.9 Å². The number of benzene rings is 2. The molecule has 34 heavy (non-hydrogen) atoms. The summed E-state index contributed by atoms with van der Waals surface area (Å²) in [5, 5.41) is 3.48. The molecule has 2 aromatic carbocycles. The highest BCUT2D eigenvalue weighted by Gasteiger charge is 2.26. The first-order valence-corrected chi connectivity index (χ1v) is 12.4. The molecule has 0 spiro atoms. The van der Waals surface area contributed by atoms with E-state index in [1.807, 2.05) is 0 Å². The summed E-state index contributed by atoms with van der Waals surface area (Å²) >= 11 is 6.09. The van der Waals surface area contributed by atoms with Gasteiger partial charge in [0.2, 0.25) is 10.0 Å². The highest BCUT2D eigenvalue weighted by molar-refractivity contribution is 7.89. The van der Waals surface area contributed by atoms with Gasteiger partial charge in [-0.25, -0.2) is 13.1 Å². The first-order valence-electron chi connectivity index (χ1n) is 10.6. The quantitative estimate of drug-likeness (QED) is 0.519. The number of hydrogen-bond acceptors (Lipinski definition) is 6. The van der Waals surface area contributed by atoms with E-state index in [0.717, 1.165) is 0 Å². The number of sulfonamides is 1. The highest BCUT2D eigenvalue weighted by Crippen LogP contribution is 2.27. The fourth-order valence-corrected chi connectivity index (χ4v) is 5.37. The lowest BCUT2D eigenvalue weighted by molar-refractivity contribution is 0.0730. The molecule has 0 unspecified atom stereocenters. The number of aromatic nitrogens is 2. The van der Waals surface area contributed by atoms with E-state index in [1.165, 1.54) is 28.4 Å². The van der Waals surface area contributed by atoms with Gasteiger partial charge in [-0.3, -0.25) is 14.9 Å². The maximum Gasteiger partial charge on any atom is 0.280 e. The second kappa shape index (κ2) is 9.75. The first-order chi connectivity index (χ1) is 16.2. The number of rotatable bonds is 6. The standard InChI is InChI=1S/C23H25ClN4O5S/c1-15-12-18(34(30,31)27-8-10-33-11-9-27)5-7-21(15)25-14-19-16(2)26-28(23(19)29)17-4-6-20(24)22(13-17)32-3/h4-7,12-14,26H,8-11H2,1-3H3. The summed E-state index contributed by atoms with van der Waals surface area (Å²) in [5.41, 5.74) is 2.56. The number of hydrogen-bond donors (Lipinski definition) is 1. The number of aliphatic imine (C=N–C) groups is 1. The third kappa shape index (κ3) is 4.67. The second-order valence-corrected chi connectivity index (χ2v) is 10.2. The lowest BCUT2D eigenvalue weighted by atomic mass is 10.2. The fourth-order valence-electron chi connectivity index (χ4n) is 3.68. The maximum absolute atomic E-state index is 13.0. The summed E-state index contributed by atoms with van der Waals surface area (Å²) in [4.78, 5) is 17.7. The topological polar surface area (TPSA) is 106 Å². The van der Waals surface area contributed by atoms with Crippen molar-refractivity contribution in [2.75, 3.05) is 33.4 Å². The molecule has 11 heteroatoms. The monoisotopic (exact) mass is 504 g/mol. The predicted octanol–water partition coefficient (Wildman–Crippen LogP) is 3.22. The van der Waals surface area contributed by atoms with Crippen molar-refractivity contribution in [3.63, 3.8) is 0 Å². The third-order valence-electron chi connectivity index (χ3n) is 5.62. The Kier molecular flexibility index (Phi) is 6.94. The van der Waals surface area contributed by atoms with Crippen LogP contribution in [-0.4, -0.2) is 62.1 Å². The summed E-state index contributed by atoms with van der Waals surface area (Å²) in [7, 11) is -2.09. The number of aryl methyl sites for hydroxylation is 2. The van der Waals surface area contributed by atoms with Crippen molar-refractivity contribution in [1.82, 2.24) is 14.1 Å². The largest absolute Gasteiger partial charge is 0.495 e. The van der Waals surface area contributed by atoms with Crippen LogP contribution in [0.4, 0.5) is 5.69 Å². The summed E-state index contributed by atoms with van der Waals surface area (Å²) in [6.07, 6.45) is 1.48. The molecule has 1 N–H and O–H groups in total. The second-order valence-electron chi connectivity index (χ2n) is 7.83. The average molecular weight is 505 g/mol. The number of morpholine rings is 1. The van der Waals surface area contributed by atoms with E-state index in [4.69, 9.17) is 21.1 Å². The van der Waals surface area contributed by atoms with Crippen molar-refractivity contribution >= 4 is 33.5 Å². The van der Waals surface area contributed by atoms with Crippen LogP contribution in [0, 0.1) is 13.8 Å². The molecular formula is C23H25ClN4O5S. The molecule has 4 rings (SSSR count). The summed E-state index contributed by atoms with van der Waals surface area (Å²) < 4.78 is 39.1. The minimum atomic E-state index is -3.59. The molecule has 1 aliphatic rings. The molecule has 3 aromatic rings. The SMILES string of the molecule is COc1cc(-n2[nH]c(C)c(C=Nc3ccc(S(=O)(=O)N4CCOCC4)cc3C)c2=O)ccc1Cl. The molecule has 0 atom stereocenters. The summed E-state index contributed by atoms with van der Waals surface area (Å²) in [6, 6.07) is 9.80. The Balaban J connectivity index is 1.61. The fraction of sp³-hybridized carbons (Fsp3) is 0.304. The van der Waals surface area contributed by atoms with Crippen LogP contribution in [0.2, 0.25) is 5.02 Å². The van der Waals surface area contributed by atoms with Crippen LogP contribution in [-0.2, 0) is 14.8 Å². The zero-order valence-corrected chi connectivity index (χ0v) is 20.6. The van der Waals surface area contributed by atoms with Gasteiger partial charge in [-0.1, -0.05) is 11.6 Å². The van der Waals surface area contributed by atoms with Gasteiger partial charge < -0.3 is 9.47 Å². The van der Waals surface area contributed by atoms with E-state index in [0.29, 0.717) is 65.3 Å². The summed E-state index contributed by atoms with van der Waals surface area (Å²) in [5.74, 6) is 0.455. The molecule has 1 fully saturated rings. The molecule has 1 saturated heterocycles. The van der Waals surface area contributed by atoms with Crippen LogP contribution in [0.3, 0.4) is 0 Å². The van der Waals surface area contributed by atoms with E-state index in [2.05, 4.69) is 10.1 Å². The Morgan fingerprint density at radius 3 is 2.56 bits per heavy atom. The van der Waals surface area contributed by atoms with Crippen LogP contribution in [0.15, 0.2) is 51.1 Å². The number of aromatic amines is 1. The van der Waals surface area contributed by atoms with Gasteiger partial charge in [0, 0.05) is 31.1 Å². The summed E-state index contributed by atoms with van der Waals surface area (Å²) in [6.45, 7) is 5.00. The molecule has 1 aromatic heterocycles. The van der Waals surface area contributed by atoms with Crippen LogP contribution in [0.1, 0.15) is 16.8 Å². The Hall–Kier alpha value is -2.92. The molecule has 9 nitrogen and oxygen atoms in total. The van der Waals surface area contributed by atoms with Gasteiger partial charge in [0.1, 0.15) is 5.75 Å². The predicted molar refractivity (Wildman–Crippen MR) is 131 cm³/mol. The van der Waals surface area contributed by atoms with Crippen LogP contribution >= 0.6 is 11.6 Å². The van der Waals surface area contributed by atoms with E-state index >= 15 is 0 Å². The zero-order valence-electron chi connectivity index (χ0n) is 19.0. The van der Waals surface area contributed by atoms with Crippen molar-refractivity contribution in [3.8, 4) is 11.4 Å². The van der Waals surface area contributed by atoms with Crippen molar-refractivity contribution in [2.45, 2.75) is 18.7 Å². The lowest BCUT2D eigenvalue weighted by Gasteiger charge is -2.26. The lowest BCUT2D eigenvalue weighted by Crippen LogP contribution is -2.40. The molecule has 0 bridgehead atoms. The molecular weight excluding hydrogens is 480 g/mol. The Morgan fingerprint density at radius 2 is 1.88 bits per heavy atom. The smallest absolute Gasteiger partial charge is 0.280 e. The van der Waals surface area contributed by atoms with Gasteiger partial charge in [0.15, 0.2) is 0 Å². The number of ether oxygens (including phenoxy) is 2. The third-order valence-corrected chi connectivity index (χ3v) is 7.83. The van der Waals surface area contributed by atoms with Gasteiger partial charge in [0.25, 0.3) is 5.56 Å². The minimum Gasteiger partial charge on any atom is -0.495 e. The van der Waals surface area contributed by atoms with Crippen molar-refractivity contribution in [2.24, 2.45) is 4.99 Å². The zero-order chi connectivity index (χ0) is 24.5. The van der Waals surface area contributed by atoms with E-state index in [9.17, 15) is 13.2 Å². The number of nitrogens with zero attached hydrogens (tertiary/aromatic N) is 3. The maximum atomic E-state index is 13.0. The van der Waals surface area contributed by atoms with E-state index < -0.39 is 10.0 Å². The normalized spacial score (nSPS) is 15.2. The van der Waals surface area contributed by atoms with Crippen LogP contribution in [0.5, 0.6) is 5.75 Å². The Morgan fingerprint density at radius 1 is 1.15 bits per heavy atom. The van der Waals surface area contributed by atoms with Crippen molar-refractivity contribution in [3.05, 3.63) is 68.6 Å². The Bertz CT molecular complexity index is 1410. The van der Waals surface area contributed by atoms with Crippen LogP contribution in [0.25, 0.3) is 5.69 Å². The van der Waals surface area contributed by atoms with Gasteiger partial charge in [-0.2, -0.15) is 4.31 Å². The van der Waals surface area contributed by atoms with Gasteiger partial charge >= 0.3 is 0 Å². The van der Waals surface area contributed by atoms with E-state index in [1.54, 1.807) is 44.2 Å². The number of nitrogens with one attached hydrogen (secondary N) is 1. The molecule has 2 heterocycles. The molecule has 180 valence electrons. The number of H-pyrrole nitrogens is 1. The number of methoxy groups -OCH3 is 1. The van der Waals surface area contributed by atoms with Gasteiger partial charge in [-0.05, 0) is 49.7 Å².